The highest BCUT2D eigenvalue weighted by Gasteiger charge is 2.22. The Morgan fingerprint density at radius 1 is 1.31 bits per heavy atom. The number of rotatable bonds is 5. The van der Waals surface area contributed by atoms with E-state index in [1.807, 2.05) is 11.9 Å². The Hall–Kier alpha value is -0.570. The van der Waals surface area contributed by atoms with Crippen molar-refractivity contribution in [1.82, 2.24) is 4.90 Å². The second-order valence-electron chi connectivity index (χ2n) is 5.15. The lowest BCUT2D eigenvalue weighted by Gasteiger charge is -2.27. The Bertz CT molecular complexity index is 210. The van der Waals surface area contributed by atoms with E-state index in [1.165, 1.54) is 0 Å². The highest BCUT2D eigenvalue weighted by atomic mass is 16.2. The zero-order valence-corrected chi connectivity index (χ0v) is 10.7. The average molecular weight is 226 g/mol. The van der Waals surface area contributed by atoms with Gasteiger partial charge in [0, 0.05) is 26.1 Å². The van der Waals surface area contributed by atoms with Gasteiger partial charge in [-0.15, -0.1) is 0 Å². The molecule has 0 atom stereocenters. The van der Waals surface area contributed by atoms with E-state index < -0.39 is 0 Å². The quantitative estimate of drug-likeness (QED) is 0.781. The Kier molecular flexibility index (Phi) is 5.81. The van der Waals surface area contributed by atoms with Gasteiger partial charge in [-0.25, -0.2) is 0 Å². The van der Waals surface area contributed by atoms with Crippen molar-refractivity contribution in [3.05, 3.63) is 0 Å². The van der Waals surface area contributed by atoms with Gasteiger partial charge >= 0.3 is 0 Å². The van der Waals surface area contributed by atoms with E-state index in [2.05, 4.69) is 6.92 Å². The molecular formula is C13H26N2O. The van der Waals surface area contributed by atoms with E-state index in [0.717, 1.165) is 51.5 Å². The van der Waals surface area contributed by atoms with Crippen LogP contribution in [0.5, 0.6) is 0 Å². The van der Waals surface area contributed by atoms with E-state index >= 15 is 0 Å². The number of unbranched alkanes of at least 4 members (excludes halogenated alkanes) is 1. The molecule has 16 heavy (non-hydrogen) atoms. The zero-order valence-electron chi connectivity index (χ0n) is 10.7. The van der Waals surface area contributed by atoms with Gasteiger partial charge in [0.05, 0.1) is 0 Å². The molecule has 0 aromatic heterocycles. The third kappa shape index (κ3) is 4.52. The lowest BCUT2D eigenvalue weighted by Crippen LogP contribution is -2.32. The van der Waals surface area contributed by atoms with Gasteiger partial charge in [-0.1, -0.05) is 13.3 Å². The van der Waals surface area contributed by atoms with Crippen LogP contribution in [0.2, 0.25) is 0 Å². The summed E-state index contributed by atoms with van der Waals surface area (Å²) >= 11 is 0. The summed E-state index contributed by atoms with van der Waals surface area (Å²) in [7, 11) is 1.92. The van der Waals surface area contributed by atoms with Crippen LogP contribution in [0.25, 0.3) is 0 Å². The van der Waals surface area contributed by atoms with E-state index in [9.17, 15) is 4.79 Å². The molecule has 3 nitrogen and oxygen atoms in total. The number of nitrogens with zero attached hydrogens (tertiary/aromatic N) is 1. The summed E-state index contributed by atoms with van der Waals surface area (Å²) in [5, 5.41) is 0. The van der Waals surface area contributed by atoms with Gasteiger partial charge in [0.25, 0.3) is 0 Å². The molecule has 0 heterocycles. The Labute approximate surface area is 99.4 Å². The van der Waals surface area contributed by atoms with Crippen LogP contribution in [0, 0.1) is 5.92 Å². The molecule has 1 aliphatic carbocycles. The summed E-state index contributed by atoms with van der Waals surface area (Å²) < 4.78 is 0. The van der Waals surface area contributed by atoms with Gasteiger partial charge < -0.3 is 10.6 Å². The van der Waals surface area contributed by atoms with Gasteiger partial charge in [0.2, 0.25) is 5.91 Å². The van der Waals surface area contributed by atoms with E-state index in [0.29, 0.717) is 17.9 Å². The van der Waals surface area contributed by atoms with E-state index in [1.54, 1.807) is 0 Å². The number of carbonyl (C=O) groups is 1. The third-order valence-electron chi connectivity index (χ3n) is 3.63. The molecule has 1 rings (SSSR count). The van der Waals surface area contributed by atoms with Crippen LogP contribution in [0.1, 0.15) is 51.9 Å². The minimum atomic E-state index is 0.314. The summed E-state index contributed by atoms with van der Waals surface area (Å²) in [5.41, 5.74) is 5.86. The normalized spacial score (nSPS) is 25.4. The predicted molar refractivity (Wildman–Crippen MR) is 67.1 cm³/mol. The number of nitrogens with two attached hydrogens (primary N) is 1. The fourth-order valence-corrected chi connectivity index (χ4v) is 2.32. The van der Waals surface area contributed by atoms with Crippen LogP contribution in [0.3, 0.4) is 0 Å². The van der Waals surface area contributed by atoms with Crippen molar-refractivity contribution >= 4 is 5.91 Å². The van der Waals surface area contributed by atoms with Crippen LogP contribution < -0.4 is 5.73 Å². The highest BCUT2D eigenvalue weighted by molar-refractivity contribution is 5.76. The van der Waals surface area contributed by atoms with Crippen LogP contribution >= 0.6 is 0 Å². The summed E-state index contributed by atoms with van der Waals surface area (Å²) in [6.07, 6.45) is 7.44. The maximum absolute atomic E-state index is 11.9. The fourth-order valence-electron chi connectivity index (χ4n) is 2.32. The topological polar surface area (TPSA) is 46.3 Å². The van der Waals surface area contributed by atoms with Crippen LogP contribution in [-0.4, -0.2) is 30.4 Å². The minimum absolute atomic E-state index is 0.314. The average Bonchev–Trinajstić information content (AvgIpc) is 2.29. The van der Waals surface area contributed by atoms with Gasteiger partial charge in [0.1, 0.15) is 0 Å². The second kappa shape index (κ2) is 6.89. The van der Waals surface area contributed by atoms with Gasteiger partial charge in [-0.2, -0.15) is 0 Å². The van der Waals surface area contributed by atoms with Gasteiger partial charge in [0.15, 0.2) is 0 Å². The smallest absolute Gasteiger partial charge is 0.222 e. The van der Waals surface area contributed by atoms with Crippen molar-refractivity contribution in [3.8, 4) is 0 Å². The molecule has 0 aromatic carbocycles. The summed E-state index contributed by atoms with van der Waals surface area (Å²) in [6.45, 7) is 3.06. The molecule has 94 valence electrons. The van der Waals surface area contributed by atoms with Crippen LogP contribution in [0.15, 0.2) is 0 Å². The lowest BCUT2D eigenvalue weighted by molar-refractivity contribution is -0.131. The molecule has 1 saturated carbocycles. The van der Waals surface area contributed by atoms with Gasteiger partial charge in [-0.3, -0.25) is 4.79 Å². The SMILES string of the molecule is CCCCN(C)C(=O)CC1CCC(N)CC1. The Morgan fingerprint density at radius 2 is 1.94 bits per heavy atom. The highest BCUT2D eigenvalue weighted by Crippen LogP contribution is 2.26. The number of amides is 1. The lowest BCUT2D eigenvalue weighted by atomic mass is 9.84. The Balaban J connectivity index is 2.22. The van der Waals surface area contributed by atoms with Crippen molar-refractivity contribution < 1.29 is 4.79 Å². The van der Waals surface area contributed by atoms with Crippen LogP contribution in [-0.2, 0) is 4.79 Å². The first-order valence-corrected chi connectivity index (χ1v) is 6.63. The maximum Gasteiger partial charge on any atom is 0.222 e. The van der Waals surface area contributed by atoms with Gasteiger partial charge in [-0.05, 0) is 38.0 Å². The predicted octanol–water partition coefficient (Wildman–Crippen LogP) is 2.15. The molecule has 0 bridgehead atoms. The standard InChI is InChI=1S/C13H26N2O/c1-3-4-9-15(2)13(16)10-11-5-7-12(14)8-6-11/h11-12H,3-10,14H2,1-2H3. The molecule has 1 fully saturated rings. The number of hydrogen-bond acceptors (Lipinski definition) is 2. The fraction of sp³-hybridized carbons (Fsp3) is 0.923. The van der Waals surface area contributed by atoms with Crippen molar-refractivity contribution in [3.63, 3.8) is 0 Å². The van der Waals surface area contributed by atoms with E-state index in [-0.39, 0.29) is 0 Å². The van der Waals surface area contributed by atoms with Crippen molar-refractivity contribution in [1.29, 1.82) is 0 Å². The van der Waals surface area contributed by atoms with Crippen molar-refractivity contribution in [2.45, 2.75) is 57.9 Å². The molecule has 3 heteroatoms. The van der Waals surface area contributed by atoms with Crippen molar-refractivity contribution in [2.75, 3.05) is 13.6 Å². The molecule has 0 aromatic rings. The molecule has 0 aliphatic heterocycles. The monoisotopic (exact) mass is 226 g/mol. The van der Waals surface area contributed by atoms with Crippen molar-refractivity contribution in [2.24, 2.45) is 11.7 Å². The first-order valence-electron chi connectivity index (χ1n) is 6.63. The molecule has 0 spiro atoms. The first-order chi connectivity index (χ1) is 7.63. The Morgan fingerprint density at radius 3 is 2.50 bits per heavy atom. The molecule has 1 amide bonds. The minimum Gasteiger partial charge on any atom is -0.346 e. The summed E-state index contributed by atoms with van der Waals surface area (Å²) in [4.78, 5) is 13.8. The molecule has 2 N–H and O–H groups in total. The first kappa shape index (κ1) is 13.5. The molecular weight excluding hydrogens is 200 g/mol. The summed E-state index contributed by atoms with van der Waals surface area (Å²) in [6, 6.07) is 0.379. The molecule has 0 radical (unpaired) electrons. The molecule has 0 unspecified atom stereocenters. The maximum atomic E-state index is 11.9. The zero-order chi connectivity index (χ0) is 12.0. The number of hydrogen-bond donors (Lipinski definition) is 1. The third-order valence-corrected chi connectivity index (χ3v) is 3.63. The van der Waals surface area contributed by atoms with Crippen LogP contribution in [0.4, 0.5) is 0 Å². The molecule has 0 saturated heterocycles. The van der Waals surface area contributed by atoms with E-state index in [4.69, 9.17) is 5.73 Å². The largest absolute Gasteiger partial charge is 0.346 e. The summed E-state index contributed by atoms with van der Waals surface area (Å²) in [5.74, 6) is 0.894. The number of carbonyl (C=O) groups excluding carboxylic acids is 1. The second-order valence-corrected chi connectivity index (χ2v) is 5.15. The molecule has 1 aliphatic rings.